The topological polar surface area (TPSA) is 258 Å². The first-order valence-electron chi connectivity index (χ1n) is 42.6. The molecule has 0 radical (unpaired) electrons. The first-order valence-corrected chi connectivity index (χ1v) is 42.6. The highest BCUT2D eigenvalue weighted by Gasteiger charge is 2.25. The molecule has 0 atom stereocenters. The van der Waals surface area contributed by atoms with E-state index in [1.807, 2.05) is 298 Å². The molecule has 22 aromatic rings. The Balaban J connectivity index is 0.000000124. The highest BCUT2D eigenvalue weighted by atomic mass is 14.9. The molecule has 0 amide bonds. The molecule has 0 N–H and O–H groups in total. The zero-order valence-electron chi connectivity index (χ0n) is 70.7. The lowest BCUT2D eigenvalue weighted by Gasteiger charge is -2.17. The summed E-state index contributed by atoms with van der Waals surface area (Å²) in [6.07, 6.45) is 34.3. The lowest BCUT2D eigenvalue weighted by molar-refractivity contribution is 1.19. The predicted molar refractivity (Wildman–Crippen MR) is 519 cm³/mol. The standard InChI is InChI=1S/C40H26N8.2C36H24N6/c1-5-22-41-29(12-1)33-17-9-16-28(45-33)27-26-38(32-15-4-8-25-44-32)48-40(37-21-11-19-35(47-37)31-14-3-7-24-43-31)39(27)36-20-10-18-34(46-36)30-13-2-6-23-42-30;1-10-37-11-2-25(1)28-7-16-40-34(22-28)31-19-32(35-23-29(8-17-41-35)26-3-12-38-13-4-26)21-33(20-31)36-24-30(9-18-42-36)27-5-14-39-15-6-27;1-4-13-37-31(7-1)25-10-16-40-34(22-25)28-19-29(35-23-26(11-17-41-35)32-8-2-5-14-38-32)21-30(20-28)36-24-27(12-18-42-36)33-9-3-6-15-39-33/h1-26H;2*1-24H. The van der Waals surface area contributed by atoms with Gasteiger partial charge in [0.2, 0.25) is 0 Å². The Kier molecular flexibility index (Phi) is 24.1. The maximum absolute atomic E-state index is 5.25. The van der Waals surface area contributed by atoms with Crippen molar-refractivity contribution in [1.29, 1.82) is 0 Å². The average molecular weight is 1700 g/mol. The van der Waals surface area contributed by atoms with E-state index in [1.165, 1.54) is 0 Å². The summed E-state index contributed by atoms with van der Waals surface area (Å²) in [5, 5.41) is 0. The van der Waals surface area contributed by atoms with Crippen LogP contribution in [-0.4, -0.2) is 99.7 Å². The zero-order chi connectivity index (χ0) is 88.4. The summed E-state index contributed by atoms with van der Waals surface area (Å²) in [7, 11) is 0. The molecule has 132 heavy (non-hydrogen) atoms. The second kappa shape index (κ2) is 38.9. The molecule has 20 heteroatoms. The fourth-order valence-corrected chi connectivity index (χ4v) is 15.5. The molecule has 20 nitrogen and oxygen atoms in total. The van der Waals surface area contributed by atoms with E-state index in [0.717, 1.165) is 191 Å². The van der Waals surface area contributed by atoms with Gasteiger partial charge in [0, 0.05) is 179 Å². The molecule has 622 valence electrons. The van der Waals surface area contributed by atoms with Gasteiger partial charge in [0.1, 0.15) is 0 Å². The van der Waals surface area contributed by atoms with Gasteiger partial charge in [-0.25, -0.2) is 19.9 Å². The van der Waals surface area contributed by atoms with E-state index >= 15 is 0 Å². The van der Waals surface area contributed by atoms with Gasteiger partial charge in [0.05, 0.1) is 120 Å². The molecule has 0 aliphatic heterocycles. The Labute approximate surface area is 760 Å². The molecule has 0 bridgehead atoms. The number of hydrogen-bond acceptors (Lipinski definition) is 20. The van der Waals surface area contributed by atoms with Crippen molar-refractivity contribution in [2.75, 3.05) is 0 Å². The first-order chi connectivity index (χ1) is 65.4. The van der Waals surface area contributed by atoms with Gasteiger partial charge in [-0.3, -0.25) is 79.7 Å². The van der Waals surface area contributed by atoms with Crippen LogP contribution >= 0.6 is 0 Å². The van der Waals surface area contributed by atoms with E-state index in [4.69, 9.17) is 49.8 Å². The van der Waals surface area contributed by atoms with Gasteiger partial charge in [0.15, 0.2) is 0 Å². The molecule has 0 saturated heterocycles. The smallest absolute Gasteiger partial charge is 0.0995 e. The third-order valence-electron chi connectivity index (χ3n) is 21.9. The monoisotopic (exact) mass is 1700 g/mol. The molecule has 0 unspecified atom stereocenters. The van der Waals surface area contributed by atoms with Crippen LogP contribution in [0.5, 0.6) is 0 Å². The van der Waals surface area contributed by atoms with Crippen LogP contribution in [0.3, 0.4) is 0 Å². The summed E-state index contributed by atoms with van der Waals surface area (Å²) in [5.41, 5.74) is 33.4. The normalized spacial score (nSPS) is 10.9. The molecular formula is C112H74N20. The summed E-state index contributed by atoms with van der Waals surface area (Å²) in [6, 6.07) is 110. The van der Waals surface area contributed by atoms with E-state index in [9.17, 15) is 0 Å². The first kappa shape index (κ1) is 81.8. The summed E-state index contributed by atoms with van der Waals surface area (Å²) < 4.78 is 0. The second-order valence-electron chi connectivity index (χ2n) is 30.4. The minimum Gasteiger partial charge on any atom is -0.265 e. The summed E-state index contributed by atoms with van der Waals surface area (Å²) in [6.45, 7) is 0. The van der Waals surface area contributed by atoms with Crippen LogP contribution in [0.2, 0.25) is 0 Å². The summed E-state index contributed by atoms with van der Waals surface area (Å²) in [4.78, 5) is 93.6. The van der Waals surface area contributed by atoms with Crippen LogP contribution < -0.4 is 0 Å². The van der Waals surface area contributed by atoms with Crippen molar-refractivity contribution in [3.8, 4) is 214 Å². The molecule has 0 spiro atoms. The lowest BCUT2D eigenvalue weighted by Crippen LogP contribution is -2.02. The van der Waals surface area contributed by atoms with Gasteiger partial charge in [-0.2, -0.15) is 0 Å². The van der Waals surface area contributed by atoms with E-state index in [1.54, 1.807) is 80.6 Å². The van der Waals surface area contributed by atoms with Crippen molar-refractivity contribution >= 4 is 0 Å². The van der Waals surface area contributed by atoms with Gasteiger partial charge in [-0.1, -0.05) is 60.7 Å². The van der Waals surface area contributed by atoms with Crippen molar-refractivity contribution in [1.82, 2.24) is 99.7 Å². The van der Waals surface area contributed by atoms with Gasteiger partial charge in [-0.05, 0) is 306 Å². The third-order valence-corrected chi connectivity index (χ3v) is 21.9. The Morgan fingerprint density at radius 3 is 0.644 bits per heavy atom. The van der Waals surface area contributed by atoms with Crippen molar-refractivity contribution < 1.29 is 0 Å². The average Bonchev–Trinajstić information content (AvgIpc) is 0.753. The van der Waals surface area contributed by atoms with Gasteiger partial charge >= 0.3 is 0 Å². The van der Waals surface area contributed by atoms with Crippen molar-refractivity contribution in [2.24, 2.45) is 0 Å². The Morgan fingerprint density at radius 2 is 0.341 bits per heavy atom. The molecule has 20 aromatic heterocycles. The Hall–Kier alpha value is -18.6. The Bertz CT molecular complexity index is 6860. The predicted octanol–water partition coefficient (Wildman–Crippen LogP) is 24.6. The van der Waals surface area contributed by atoms with E-state index in [2.05, 4.69) is 123 Å². The molecular weight excluding hydrogens is 1630 g/mol. The molecule has 0 fully saturated rings. The maximum atomic E-state index is 5.25. The number of benzene rings is 2. The zero-order valence-corrected chi connectivity index (χ0v) is 70.7. The number of hydrogen-bond donors (Lipinski definition) is 0. The minimum absolute atomic E-state index is 0.640. The molecule has 0 aliphatic rings. The number of nitrogens with zero attached hydrogens (tertiary/aromatic N) is 20. The van der Waals surface area contributed by atoms with Crippen molar-refractivity contribution in [3.63, 3.8) is 0 Å². The fourth-order valence-electron chi connectivity index (χ4n) is 15.5. The van der Waals surface area contributed by atoms with Gasteiger partial charge < -0.3 is 0 Å². The Morgan fingerprint density at radius 1 is 0.114 bits per heavy atom. The van der Waals surface area contributed by atoms with Crippen LogP contribution in [0.1, 0.15) is 0 Å². The van der Waals surface area contributed by atoms with Crippen LogP contribution in [0.15, 0.2) is 451 Å². The number of rotatable bonds is 19. The third kappa shape index (κ3) is 19.0. The lowest BCUT2D eigenvalue weighted by atomic mass is 9.95. The van der Waals surface area contributed by atoms with Crippen LogP contribution in [0.4, 0.5) is 0 Å². The van der Waals surface area contributed by atoms with Crippen LogP contribution in [-0.2, 0) is 0 Å². The van der Waals surface area contributed by atoms with Gasteiger partial charge in [-0.15, -0.1) is 0 Å². The van der Waals surface area contributed by atoms with Crippen molar-refractivity contribution in [3.05, 3.63) is 451 Å². The SMILES string of the molecule is c1cc(-c2ccnc(-c3cc(-c4cc(-c5ccncc5)ccn4)cc(-c4cc(-c5ccncc5)ccn4)c3)c2)ccn1.c1ccc(-c2cccc(-c3cc(-c4ccccn4)nc(-c4cccc(-c5ccccn5)n4)c3-c3cccc(-c4ccccn4)n3)n2)nc1.c1ccc(-c2ccnc(-c3cc(-c4cc(-c5ccccn5)ccn4)cc(-c4cc(-c5ccccn5)ccn4)c3)c2)nc1. The second-order valence-corrected chi connectivity index (χ2v) is 30.4. The summed E-state index contributed by atoms with van der Waals surface area (Å²) >= 11 is 0. The molecule has 0 saturated carbocycles. The molecule has 22 rings (SSSR count). The summed E-state index contributed by atoms with van der Waals surface area (Å²) in [5.74, 6) is 0. The van der Waals surface area contributed by atoms with Crippen LogP contribution in [0.25, 0.3) is 214 Å². The van der Waals surface area contributed by atoms with Crippen molar-refractivity contribution in [2.45, 2.75) is 0 Å². The van der Waals surface area contributed by atoms with E-state index < -0.39 is 0 Å². The highest BCUT2D eigenvalue weighted by molar-refractivity contribution is 5.94. The van der Waals surface area contributed by atoms with Crippen LogP contribution in [0, 0.1) is 0 Å². The largest absolute Gasteiger partial charge is 0.265 e. The molecule has 2 aromatic carbocycles. The highest BCUT2D eigenvalue weighted by Crippen LogP contribution is 2.43. The molecule has 0 aliphatic carbocycles. The number of pyridine rings is 20. The van der Waals surface area contributed by atoms with Gasteiger partial charge in [0.25, 0.3) is 0 Å². The van der Waals surface area contributed by atoms with E-state index in [0.29, 0.717) is 22.8 Å². The van der Waals surface area contributed by atoms with E-state index in [-0.39, 0.29) is 0 Å². The minimum atomic E-state index is 0.640. The quantitative estimate of drug-likeness (QED) is 0.0728. The fraction of sp³-hybridized carbons (Fsp3) is 0. The number of aromatic nitrogens is 20. The maximum Gasteiger partial charge on any atom is 0.0995 e. The molecule has 20 heterocycles.